The van der Waals surface area contributed by atoms with Crippen LogP contribution in [0.15, 0.2) is 18.2 Å². The molecule has 1 N–H and O–H groups in total. The van der Waals surface area contributed by atoms with E-state index in [0.717, 1.165) is 34.7 Å². The van der Waals surface area contributed by atoms with Crippen molar-refractivity contribution in [1.29, 1.82) is 0 Å². The van der Waals surface area contributed by atoms with Crippen molar-refractivity contribution in [1.82, 2.24) is 15.1 Å². The topological polar surface area (TPSA) is 56.2 Å². The summed E-state index contributed by atoms with van der Waals surface area (Å²) >= 11 is 0. The van der Waals surface area contributed by atoms with Crippen LogP contribution in [0.3, 0.4) is 0 Å². The fourth-order valence-electron chi connectivity index (χ4n) is 2.95. The van der Waals surface area contributed by atoms with E-state index in [1.54, 1.807) is 0 Å². The maximum Gasteiger partial charge on any atom is 0.255 e. The number of carbonyl (C=O) groups excluding carboxylic acids is 1. The third-order valence-electron chi connectivity index (χ3n) is 4.25. The lowest BCUT2D eigenvalue weighted by molar-refractivity contribution is 0.0946. The zero-order valence-electron chi connectivity index (χ0n) is 13.4. The Hall–Kier alpha value is -2.30. The molecule has 5 nitrogen and oxygen atoms in total. The van der Waals surface area contributed by atoms with Crippen molar-refractivity contribution in [3.8, 4) is 5.75 Å². The third-order valence-corrected chi connectivity index (χ3v) is 4.25. The summed E-state index contributed by atoms with van der Waals surface area (Å²) in [6, 6.07) is 5.75. The molecular weight excluding hydrogens is 278 g/mol. The molecule has 1 atom stereocenters. The first kappa shape index (κ1) is 14.6. The summed E-state index contributed by atoms with van der Waals surface area (Å²) in [4.78, 5) is 12.5. The number of carbonyl (C=O) groups is 1. The Labute approximate surface area is 130 Å². The van der Waals surface area contributed by atoms with E-state index in [0.29, 0.717) is 12.1 Å². The number of aromatic nitrogens is 2. The van der Waals surface area contributed by atoms with E-state index < -0.39 is 0 Å². The van der Waals surface area contributed by atoms with Gasteiger partial charge in [-0.2, -0.15) is 5.10 Å². The van der Waals surface area contributed by atoms with Gasteiger partial charge in [-0.25, -0.2) is 0 Å². The van der Waals surface area contributed by atoms with Crippen LogP contribution < -0.4 is 10.1 Å². The van der Waals surface area contributed by atoms with Crippen LogP contribution in [0.2, 0.25) is 0 Å². The van der Waals surface area contributed by atoms with Crippen molar-refractivity contribution in [2.75, 3.05) is 0 Å². The average molecular weight is 299 g/mol. The second-order valence-electron chi connectivity index (χ2n) is 5.88. The van der Waals surface area contributed by atoms with Crippen LogP contribution in [-0.4, -0.2) is 21.8 Å². The average Bonchev–Trinajstić information content (AvgIpc) is 2.96. The molecule has 3 rings (SSSR count). The molecule has 0 spiro atoms. The Morgan fingerprint density at radius 2 is 2.23 bits per heavy atom. The Morgan fingerprint density at radius 1 is 1.45 bits per heavy atom. The number of ether oxygens (including phenoxy) is 1. The van der Waals surface area contributed by atoms with E-state index in [4.69, 9.17) is 4.74 Å². The molecular formula is C17H21N3O2. The van der Waals surface area contributed by atoms with E-state index in [1.807, 2.05) is 50.7 Å². The molecule has 5 heteroatoms. The SMILES string of the molecule is Cc1nn(C)c(C)c1CNC(=O)c1cccc2c1OC(C)C2. The number of para-hydroxylation sites is 1. The van der Waals surface area contributed by atoms with Crippen LogP contribution in [0.5, 0.6) is 5.75 Å². The fraction of sp³-hybridized carbons (Fsp3) is 0.412. The third kappa shape index (κ3) is 2.47. The largest absolute Gasteiger partial charge is 0.489 e. The summed E-state index contributed by atoms with van der Waals surface area (Å²) < 4.78 is 7.62. The summed E-state index contributed by atoms with van der Waals surface area (Å²) in [5.41, 5.74) is 4.80. The van der Waals surface area contributed by atoms with Crippen LogP contribution in [0.4, 0.5) is 0 Å². The molecule has 1 amide bonds. The molecule has 0 saturated heterocycles. The van der Waals surface area contributed by atoms with Gasteiger partial charge >= 0.3 is 0 Å². The Balaban J connectivity index is 1.78. The lowest BCUT2D eigenvalue weighted by atomic mass is 10.1. The van der Waals surface area contributed by atoms with Gasteiger partial charge in [-0.1, -0.05) is 12.1 Å². The number of aryl methyl sites for hydroxylation is 2. The van der Waals surface area contributed by atoms with Crippen LogP contribution in [0.1, 0.15) is 39.8 Å². The van der Waals surface area contributed by atoms with Crippen LogP contribution in [0.25, 0.3) is 0 Å². The van der Waals surface area contributed by atoms with Crippen LogP contribution in [-0.2, 0) is 20.0 Å². The predicted molar refractivity (Wildman–Crippen MR) is 84.1 cm³/mol. The molecule has 1 aromatic carbocycles. The van der Waals surface area contributed by atoms with Gasteiger partial charge in [0.2, 0.25) is 0 Å². The summed E-state index contributed by atoms with van der Waals surface area (Å²) in [6.45, 7) is 6.46. The lowest BCUT2D eigenvalue weighted by Gasteiger charge is -2.10. The quantitative estimate of drug-likeness (QED) is 0.946. The molecule has 2 aromatic rings. The van der Waals surface area contributed by atoms with Crippen molar-refractivity contribution in [2.45, 2.75) is 39.8 Å². The maximum absolute atomic E-state index is 12.5. The number of hydrogen-bond donors (Lipinski definition) is 1. The zero-order chi connectivity index (χ0) is 15.9. The Bertz CT molecular complexity index is 734. The summed E-state index contributed by atoms with van der Waals surface area (Å²) in [5.74, 6) is 0.626. The van der Waals surface area contributed by atoms with Gasteiger partial charge in [-0.3, -0.25) is 9.48 Å². The van der Waals surface area contributed by atoms with Crippen molar-refractivity contribution >= 4 is 5.91 Å². The molecule has 0 radical (unpaired) electrons. The number of benzene rings is 1. The van der Waals surface area contributed by atoms with Gasteiger partial charge in [-0.15, -0.1) is 0 Å². The van der Waals surface area contributed by atoms with Crippen molar-refractivity contribution < 1.29 is 9.53 Å². The minimum atomic E-state index is -0.103. The van der Waals surface area contributed by atoms with Crippen LogP contribution >= 0.6 is 0 Å². The van der Waals surface area contributed by atoms with E-state index in [-0.39, 0.29) is 12.0 Å². The molecule has 0 aliphatic carbocycles. The smallest absolute Gasteiger partial charge is 0.255 e. The second-order valence-corrected chi connectivity index (χ2v) is 5.88. The minimum absolute atomic E-state index is 0.103. The molecule has 1 unspecified atom stereocenters. The number of amides is 1. The first-order valence-corrected chi connectivity index (χ1v) is 7.53. The molecule has 22 heavy (non-hydrogen) atoms. The molecule has 1 aromatic heterocycles. The summed E-state index contributed by atoms with van der Waals surface area (Å²) in [5, 5.41) is 7.35. The first-order chi connectivity index (χ1) is 10.5. The van der Waals surface area contributed by atoms with Gasteiger partial charge in [-0.05, 0) is 32.4 Å². The highest BCUT2D eigenvalue weighted by atomic mass is 16.5. The number of rotatable bonds is 3. The van der Waals surface area contributed by atoms with Crippen molar-refractivity contribution in [2.24, 2.45) is 7.05 Å². The van der Waals surface area contributed by atoms with E-state index >= 15 is 0 Å². The monoisotopic (exact) mass is 299 g/mol. The highest BCUT2D eigenvalue weighted by Gasteiger charge is 2.24. The fourth-order valence-corrected chi connectivity index (χ4v) is 2.95. The number of nitrogens with one attached hydrogen (secondary N) is 1. The number of fused-ring (bicyclic) bond motifs is 1. The predicted octanol–water partition coefficient (Wildman–Crippen LogP) is 2.29. The Kier molecular flexibility index (Phi) is 3.64. The van der Waals surface area contributed by atoms with Gasteiger partial charge in [0.05, 0.1) is 11.3 Å². The van der Waals surface area contributed by atoms with E-state index in [9.17, 15) is 4.79 Å². The first-order valence-electron chi connectivity index (χ1n) is 7.53. The minimum Gasteiger partial charge on any atom is -0.489 e. The molecule has 0 fully saturated rings. The maximum atomic E-state index is 12.5. The van der Waals surface area contributed by atoms with E-state index in [1.165, 1.54) is 0 Å². The highest BCUT2D eigenvalue weighted by Crippen LogP contribution is 2.32. The van der Waals surface area contributed by atoms with Crippen molar-refractivity contribution in [3.05, 3.63) is 46.3 Å². The highest BCUT2D eigenvalue weighted by molar-refractivity contribution is 5.97. The van der Waals surface area contributed by atoms with Gasteiger partial charge in [0.25, 0.3) is 5.91 Å². The lowest BCUT2D eigenvalue weighted by Crippen LogP contribution is -2.24. The van der Waals surface area contributed by atoms with Gasteiger partial charge in [0.15, 0.2) is 0 Å². The Morgan fingerprint density at radius 3 is 2.91 bits per heavy atom. The molecule has 0 bridgehead atoms. The summed E-state index contributed by atoms with van der Waals surface area (Å²) in [7, 11) is 1.91. The molecule has 1 aliphatic heterocycles. The number of hydrogen-bond acceptors (Lipinski definition) is 3. The molecule has 2 heterocycles. The summed E-state index contributed by atoms with van der Waals surface area (Å²) in [6.07, 6.45) is 0.990. The normalized spacial score (nSPS) is 16.3. The van der Waals surface area contributed by atoms with Gasteiger partial charge in [0, 0.05) is 31.3 Å². The van der Waals surface area contributed by atoms with Gasteiger partial charge in [0.1, 0.15) is 11.9 Å². The molecule has 1 aliphatic rings. The van der Waals surface area contributed by atoms with Gasteiger partial charge < -0.3 is 10.1 Å². The van der Waals surface area contributed by atoms with Crippen molar-refractivity contribution in [3.63, 3.8) is 0 Å². The van der Waals surface area contributed by atoms with Crippen LogP contribution in [0, 0.1) is 13.8 Å². The molecule has 116 valence electrons. The number of nitrogens with zero attached hydrogens (tertiary/aromatic N) is 2. The second kappa shape index (κ2) is 5.48. The zero-order valence-corrected chi connectivity index (χ0v) is 13.4. The standard InChI is InChI=1S/C17H21N3O2/c1-10-8-13-6-5-7-14(16(13)22-10)17(21)18-9-15-11(2)19-20(4)12(15)3/h5-7,10H,8-9H2,1-4H3,(H,18,21). The van der Waals surface area contributed by atoms with E-state index in [2.05, 4.69) is 10.4 Å². The molecule has 0 saturated carbocycles.